The fourth-order valence-electron chi connectivity index (χ4n) is 1.29. The highest BCUT2D eigenvalue weighted by Crippen LogP contribution is 2.06. The maximum atomic E-state index is 11.8. The summed E-state index contributed by atoms with van der Waals surface area (Å²) in [6.45, 7) is 0. The van der Waals surface area contributed by atoms with Gasteiger partial charge in [-0.15, -0.1) is 0 Å². The first-order valence-corrected chi connectivity index (χ1v) is 5.21. The number of rotatable bonds is 3. The van der Waals surface area contributed by atoms with Gasteiger partial charge in [-0.05, 0) is 18.2 Å². The number of carbonyl (C=O) groups is 1. The van der Waals surface area contributed by atoms with Crippen molar-refractivity contribution in [3.05, 3.63) is 46.4 Å². The summed E-state index contributed by atoms with van der Waals surface area (Å²) in [5.74, 6) is 0.458. The lowest BCUT2D eigenvalue weighted by atomic mass is 10.3. The summed E-state index contributed by atoms with van der Waals surface area (Å²) >= 11 is 0. The number of amides is 1. The van der Waals surface area contributed by atoms with Gasteiger partial charge in [0.25, 0.3) is 11.5 Å². The summed E-state index contributed by atoms with van der Waals surface area (Å²) in [6.07, 6.45) is 0. The van der Waals surface area contributed by atoms with Gasteiger partial charge in [0.1, 0.15) is 11.5 Å². The van der Waals surface area contributed by atoms with Crippen LogP contribution in [0.15, 0.2) is 35.1 Å². The van der Waals surface area contributed by atoms with E-state index in [-0.39, 0.29) is 17.1 Å². The van der Waals surface area contributed by atoms with Crippen molar-refractivity contribution in [2.24, 2.45) is 0 Å². The molecule has 2 aromatic heterocycles. The third-order valence-corrected chi connectivity index (χ3v) is 2.16. The first-order valence-electron chi connectivity index (χ1n) is 5.21. The number of pyridine rings is 1. The van der Waals surface area contributed by atoms with Gasteiger partial charge in [0.15, 0.2) is 5.82 Å². The third kappa shape index (κ3) is 2.70. The average Bonchev–Trinajstić information content (AvgIpc) is 2.41. The second-order valence-electron chi connectivity index (χ2n) is 3.42. The predicted octanol–water partition coefficient (Wildman–Crippen LogP) is 0.459. The summed E-state index contributed by atoms with van der Waals surface area (Å²) in [7, 11) is 1.72. The summed E-state index contributed by atoms with van der Waals surface area (Å²) < 4.78 is 0. The molecule has 2 heterocycles. The Bertz CT molecular complexity index is 602. The monoisotopic (exact) mass is 245 g/mol. The molecule has 18 heavy (non-hydrogen) atoms. The summed E-state index contributed by atoms with van der Waals surface area (Å²) in [5.41, 5.74) is -0.0712. The van der Waals surface area contributed by atoms with Crippen molar-refractivity contribution in [3.8, 4) is 0 Å². The number of aromatic nitrogens is 3. The number of nitrogens with zero attached hydrogens (tertiary/aromatic N) is 2. The Morgan fingerprint density at radius 1 is 1.22 bits per heavy atom. The summed E-state index contributed by atoms with van der Waals surface area (Å²) in [6, 6.07) is 7.74. The molecule has 0 unspecified atom stereocenters. The van der Waals surface area contributed by atoms with Gasteiger partial charge in [-0.2, -0.15) is 5.10 Å². The van der Waals surface area contributed by atoms with Gasteiger partial charge in [0.05, 0.1) is 0 Å². The van der Waals surface area contributed by atoms with Gasteiger partial charge in [-0.3, -0.25) is 9.59 Å². The van der Waals surface area contributed by atoms with Crippen molar-refractivity contribution in [3.63, 3.8) is 0 Å². The zero-order valence-electron chi connectivity index (χ0n) is 9.60. The molecular weight excluding hydrogens is 234 g/mol. The highest BCUT2D eigenvalue weighted by atomic mass is 16.2. The smallest absolute Gasteiger partial charge is 0.275 e. The first kappa shape index (κ1) is 11.8. The van der Waals surface area contributed by atoms with E-state index in [1.54, 1.807) is 25.2 Å². The predicted molar refractivity (Wildman–Crippen MR) is 66.6 cm³/mol. The lowest BCUT2D eigenvalue weighted by Gasteiger charge is -2.04. The molecule has 0 bridgehead atoms. The normalized spacial score (nSPS) is 9.83. The fraction of sp³-hybridized carbons (Fsp3) is 0.0909. The Balaban J connectivity index is 2.16. The van der Waals surface area contributed by atoms with Crippen LogP contribution < -0.4 is 16.2 Å². The van der Waals surface area contributed by atoms with Gasteiger partial charge >= 0.3 is 0 Å². The lowest BCUT2D eigenvalue weighted by Crippen LogP contribution is -2.17. The average molecular weight is 245 g/mol. The molecule has 92 valence electrons. The van der Waals surface area contributed by atoms with E-state index in [9.17, 15) is 9.59 Å². The Labute approximate surface area is 102 Å². The van der Waals surface area contributed by atoms with Crippen molar-refractivity contribution in [2.45, 2.75) is 0 Å². The highest BCUT2D eigenvalue weighted by molar-refractivity contribution is 6.02. The number of aromatic amines is 1. The molecule has 0 aromatic carbocycles. The minimum Gasteiger partial charge on any atom is -0.373 e. The highest BCUT2D eigenvalue weighted by Gasteiger charge is 2.08. The van der Waals surface area contributed by atoms with Crippen LogP contribution in [0.4, 0.5) is 11.6 Å². The molecule has 0 saturated carbocycles. The minimum atomic E-state index is -0.397. The molecular formula is C11H11N5O2. The molecule has 0 saturated heterocycles. The Morgan fingerprint density at radius 2 is 2.06 bits per heavy atom. The maximum absolute atomic E-state index is 11.8. The summed E-state index contributed by atoms with van der Waals surface area (Å²) in [5, 5.41) is 11.3. The largest absolute Gasteiger partial charge is 0.373 e. The van der Waals surface area contributed by atoms with E-state index in [4.69, 9.17) is 0 Å². The zero-order chi connectivity index (χ0) is 13.0. The van der Waals surface area contributed by atoms with Crippen LogP contribution >= 0.6 is 0 Å². The molecule has 0 radical (unpaired) electrons. The number of hydrogen-bond acceptors (Lipinski definition) is 5. The van der Waals surface area contributed by atoms with E-state index in [0.29, 0.717) is 5.82 Å². The van der Waals surface area contributed by atoms with Crippen LogP contribution in [-0.2, 0) is 0 Å². The molecule has 0 aliphatic heterocycles. The van der Waals surface area contributed by atoms with Gasteiger partial charge in [0.2, 0.25) is 0 Å². The third-order valence-electron chi connectivity index (χ3n) is 2.16. The van der Waals surface area contributed by atoms with Gasteiger partial charge < -0.3 is 10.6 Å². The number of anilines is 2. The van der Waals surface area contributed by atoms with Crippen LogP contribution in [-0.4, -0.2) is 28.1 Å². The molecule has 7 nitrogen and oxygen atoms in total. The number of hydrogen-bond donors (Lipinski definition) is 3. The number of carbonyl (C=O) groups excluding carboxylic acids is 1. The van der Waals surface area contributed by atoms with Crippen LogP contribution in [0.5, 0.6) is 0 Å². The molecule has 0 aliphatic carbocycles. The van der Waals surface area contributed by atoms with E-state index in [1.165, 1.54) is 12.1 Å². The Hall–Kier alpha value is -2.70. The molecule has 0 atom stereocenters. The molecule has 7 heteroatoms. The molecule has 1 amide bonds. The molecule has 0 aliphatic rings. The van der Waals surface area contributed by atoms with Crippen LogP contribution in [0, 0.1) is 0 Å². The molecule has 0 spiro atoms. The topological polar surface area (TPSA) is 99.8 Å². The second kappa shape index (κ2) is 5.09. The van der Waals surface area contributed by atoms with Crippen molar-refractivity contribution in [1.29, 1.82) is 0 Å². The molecule has 2 rings (SSSR count). The van der Waals surface area contributed by atoms with Gasteiger partial charge in [-0.25, -0.2) is 10.1 Å². The van der Waals surface area contributed by atoms with Crippen LogP contribution in [0.25, 0.3) is 0 Å². The molecule has 2 aromatic rings. The fourth-order valence-corrected chi connectivity index (χ4v) is 1.29. The standard InChI is InChI=1S/C11H11N5O2/c1-12-8-4-2-3-7(13-8)11(18)14-9-5-6-10(17)16-15-9/h2-6H,1H3,(H,12,13)(H,16,17)(H,14,15,18). The van der Waals surface area contributed by atoms with E-state index >= 15 is 0 Å². The van der Waals surface area contributed by atoms with Gasteiger partial charge in [0, 0.05) is 13.1 Å². The minimum absolute atomic E-state index is 0.259. The van der Waals surface area contributed by atoms with E-state index < -0.39 is 5.91 Å². The van der Waals surface area contributed by atoms with Crippen LogP contribution in [0.3, 0.4) is 0 Å². The summed E-state index contributed by atoms with van der Waals surface area (Å²) in [4.78, 5) is 26.7. The van der Waals surface area contributed by atoms with Crippen molar-refractivity contribution < 1.29 is 4.79 Å². The van der Waals surface area contributed by atoms with Crippen molar-refractivity contribution >= 4 is 17.5 Å². The zero-order valence-corrected chi connectivity index (χ0v) is 9.60. The SMILES string of the molecule is CNc1cccc(C(=O)Nc2ccc(=O)[nH]n2)n1. The quantitative estimate of drug-likeness (QED) is 0.729. The van der Waals surface area contributed by atoms with Gasteiger partial charge in [-0.1, -0.05) is 6.07 Å². The van der Waals surface area contributed by atoms with Crippen LogP contribution in [0.1, 0.15) is 10.5 Å². The second-order valence-corrected chi connectivity index (χ2v) is 3.42. The molecule has 0 fully saturated rings. The van der Waals surface area contributed by atoms with Crippen molar-refractivity contribution in [1.82, 2.24) is 15.2 Å². The van der Waals surface area contributed by atoms with Crippen molar-refractivity contribution in [2.75, 3.05) is 17.7 Å². The van der Waals surface area contributed by atoms with Crippen LogP contribution in [0.2, 0.25) is 0 Å². The van der Waals surface area contributed by atoms with E-state index in [0.717, 1.165) is 0 Å². The number of nitrogens with one attached hydrogen (secondary N) is 3. The number of H-pyrrole nitrogens is 1. The maximum Gasteiger partial charge on any atom is 0.275 e. The lowest BCUT2D eigenvalue weighted by molar-refractivity contribution is 0.102. The van der Waals surface area contributed by atoms with E-state index in [2.05, 4.69) is 25.8 Å². The first-order chi connectivity index (χ1) is 8.69. The molecule has 3 N–H and O–H groups in total. The Morgan fingerprint density at radius 3 is 2.72 bits per heavy atom. The van der Waals surface area contributed by atoms with E-state index in [1.807, 2.05) is 0 Å². The Kier molecular flexibility index (Phi) is 3.33.